The molecule has 1 atom stereocenters. The average Bonchev–Trinajstić information content (AvgIpc) is 3.02. The van der Waals surface area contributed by atoms with E-state index in [4.69, 9.17) is 4.42 Å². The van der Waals surface area contributed by atoms with Crippen molar-refractivity contribution >= 4 is 5.91 Å². The zero-order valence-electron chi connectivity index (χ0n) is 12.7. The number of carbonyl (C=O) groups excluding carboxylic acids is 1. The summed E-state index contributed by atoms with van der Waals surface area (Å²) in [7, 11) is 0. The summed E-state index contributed by atoms with van der Waals surface area (Å²) in [6.07, 6.45) is 6.32. The van der Waals surface area contributed by atoms with Crippen LogP contribution in [-0.2, 0) is 6.54 Å². The lowest BCUT2D eigenvalue weighted by Crippen LogP contribution is -2.38. The summed E-state index contributed by atoms with van der Waals surface area (Å²) in [5, 5.41) is 0. The first-order chi connectivity index (χ1) is 10.1. The first-order valence-corrected chi connectivity index (χ1v) is 7.45. The van der Waals surface area contributed by atoms with E-state index >= 15 is 0 Å². The van der Waals surface area contributed by atoms with E-state index in [9.17, 15) is 4.79 Å². The predicted molar refractivity (Wildman–Crippen MR) is 78.9 cm³/mol. The number of nitrogens with zero attached hydrogens (tertiary/aromatic N) is 3. The van der Waals surface area contributed by atoms with Gasteiger partial charge in [-0.25, -0.2) is 4.98 Å². The molecule has 0 fully saturated rings. The number of aryl methyl sites for hydroxylation is 2. The average molecular weight is 287 g/mol. The second-order valence-electron chi connectivity index (χ2n) is 5.95. The minimum Gasteiger partial charge on any atom is -0.459 e. The molecule has 2 aromatic heterocycles. The SMILES string of the molecule is Cc1ccoc1C(=O)N1CCCn2ccnc2C1C(C)C. The Balaban J connectivity index is 2.00. The third-order valence-corrected chi connectivity index (χ3v) is 4.09. The molecule has 0 aliphatic carbocycles. The lowest BCUT2D eigenvalue weighted by Gasteiger charge is -2.31. The molecule has 1 aliphatic heterocycles. The fourth-order valence-corrected chi connectivity index (χ4v) is 3.07. The predicted octanol–water partition coefficient (Wildman–Crippen LogP) is 3.03. The van der Waals surface area contributed by atoms with E-state index < -0.39 is 0 Å². The summed E-state index contributed by atoms with van der Waals surface area (Å²) in [5.41, 5.74) is 0.884. The fraction of sp³-hybridized carbons (Fsp3) is 0.500. The van der Waals surface area contributed by atoms with E-state index in [1.54, 1.807) is 6.26 Å². The molecule has 1 aliphatic rings. The van der Waals surface area contributed by atoms with Crippen LogP contribution in [0.1, 0.15) is 48.3 Å². The number of carbonyl (C=O) groups is 1. The molecule has 1 amide bonds. The molecule has 0 saturated heterocycles. The number of hydrogen-bond acceptors (Lipinski definition) is 3. The van der Waals surface area contributed by atoms with Crippen molar-refractivity contribution in [2.24, 2.45) is 5.92 Å². The Kier molecular flexibility index (Phi) is 3.57. The molecule has 1 unspecified atom stereocenters. The van der Waals surface area contributed by atoms with Gasteiger partial charge < -0.3 is 13.9 Å². The largest absolute Gasteiger partial charge is 0.459 e. The normalized spacial score (nSPS) is 18.7. The van der Waals surface area contributed by atoms with Gasteiger partial charge >= 0.3 is 0 Å². The highest BCUT2D eigenvalue weighted by Gasteiger charge is 2.34. The lowest BCUT2D eigenvalue weighted by molar-refractivity contribution is 0.0588. The van der Waals surface area contributed by atoms with E-state index in [0.717, 1.165) is 30.9 Å². The Morgan fingerprint density at radius 2 is 2.24 bits per heavy atom. The van der Waals surface area contributed by atoms with Crippen LogP contribution in [0.4, 0.5) is 0 Å². The highest BCUT2D eigenvalue weighted by atomic mass is 16.3. The zero-order chi connectivity index (χ0) is 15.0. The quantitative estimate of drug-likeness (QED) is 0.853. The number of amides is 1. The molecule has 0 bridgehead atoms. The molecule has 0 radical (unpaired) electrons. The summed E-state index contributed by atoms with van der Waals surface area (Å²) < 4.78 is 7.56. The minimum atomic E-state index is -0.0346. The first kappa shape index (κ1) is 13.9. The van der Waals surface area contributed by atoms with E-state index in [0.29, 0.717) is 11.7 Å². The lowest BCUT2D eigenvalue weighted by atomic mass is 10.0. The molecule has 5 heteroatoms. The van der Waals surface area contributed by atoms with Gasteiger partial charge in [-0.2, -0.15) is 0 Å². The minimum absolute atomic E-state index is 0.0144. The van der Waals surface area contributed by atoms with Gasteiger partial charge in [0.15, 0.2) is 5.76 Å². The van der Waals surface area contributed by atoms with Gasteiger partial charge in [0.2, 0.25) is 0 Å². The van der Waals surface area contributed by atoms with Gasteiger partial charge in [0.25, 0.3) is 5.91 Å². The smallest absolute Gasteiger partial charge is 0.290 e. The molecule has 0 aromatic carbocycles. The number of rotatable bonds is 2. The van der Waals surface area contributed by atoms with Gasteiger partial charge in [-0.05, 0) is 25.3 Å². The topological polar surface area (TPSA) is 51.3 Å². The molecule has 21 heavy (non-hydrogen) atoms. The maximum atomic E-state index is 12.9. The summed E-state index contributed by atoms with van der Waals surface area (Å²) in [5.74, 6) is 1.68. The van der Waals surface area contributed by atoms with E-state index in [2.05, 4.69) is 23.4 Å². The van der Waals surface area contributed by atoms with E-state index in [1.165, 1.54) is 0 Å². The van der Waals surface area contributed by atoms with Crippen molar-refractivity contribution < 1.29 is 9.21 Å². The molecular weight excluding hydrogens is 266 g/mol. The molecule has 5 nitrogen and oxygen atoms in total. The molecule has 0 spiro atoms. The van der Waals surface area contributed by atoms with Gasteiger partial charge in [0.1, 0.15) is 5.82 Å². The van der Waals surface area contributed by atoms with Gasteiger partial charge in [-0.15, -0.1) is 0 Å². The summed E-state index contributed by atoms with van der Waals surface area (Å²) in [4.78, 5) is 19.3. The Bertz CT molecular complexity index is 641. The van der Waals surface area contributed by atoms with Crippen LogP contribution in [0.15, 0.2) is 29.1 Å². The Labute approximate surface area is 124 Å². The van der Waals surface area contributed by atoms with Crippen LogP contribution in [-0.4, -0.2) is 26.9 Å². The van der Waals surface area contributed by atoms with Gasteiger partial charge in [0, 0.05) is 31.0 Å². The third-order valence-electron chi connectivity index (χ3n) is 4.09. The Hall–Kier alpha value is -2.04. The highest BCUT2D eigenvalue weighted by Crippen LogP contribution is 2.32. The third kappa shape index (κ3) is 2.37. The highest BCUT2D eigenvalue weighted by molar-refractivity contribution is 5.93. The second-order valence-corrected chi connectivity index (χ2v) is 5.95. The molecule has 2 aromatic rings. The summed E-state index contributed by atoms with van der Waals surface area (Å²) in [6.45, 7) is 7.79. The van der Waals surface area contributed by atoms with Crippen LogP contribution in [0, 0.1) is 12.8 Å². The molecule has 0 N–H and O–H groups in total. The molecule has 3 heterocycles. The molecule has 3 rings (SSSR count). The van der Waals surface area contributed by atoms with Crippen LogP contribution < -0.4 is 0 Å². The zero-order valence-corrected chi connectivity index (χ0v) is 12.7. The number of furan rings is 1. The number of hydrogen-bond donors (Lipinski definition) is 0. The number of fused-ring (bicyclic) bond motifs is 1. The fourth-order valence-electron chi connectivity index (χ4n) is 3.07. The van der Waals surface area contributed by atoms with Crippen molar-refractivity contribution in [2.45, 2.75) is 39.8 Å². The van der Waals surface area contributed by atoms with Crippen molar-refractivity contribution in [3.05, 3.63) is 41.9 Å². The van der Waals surface area contributed by atoms with Crippen LogP contribution in [0.5, 0.6) is 0 Å². The van der Waals surface area contributed by atoms with Crippen LogP contribution >= 0.6 is 0 Å². The monoisotopic (exact) mass is 287 g/mol. The van der Waals surface area contributed by atoms with Gasteiger partial charge in [0.05, 0.1) is 12.3 Å². The van der Waals surface area contributed by atoms with Crippen LogP contribution in [0.3, 0.4) is 0 Å². The van der Waals surface area contributed by atoms with Crippen LogP contribution in [0.2, 0.25) is 0 Å². The van der Waals surface area contributed by atoms with Crippen molar-refractivity contribution in [3.63, 3.8) is 0 Å². The maximum Gasteiger partial charge on any atom is 0.290 e. The molecule has 112 valence electrons. The van der Waals surface area contributed by atoms with E-state index in [-0.39, 0.29) is 11.9 Å². The molecule has 0 saturated carbocycles. The number of aromatic nitrogens is 2. The van der Waals surface area contributed by atoms with Crippen molar-refractivity contribution in [1.29, 1.82) is 0 Å². The summed E-state index contributed by atoms with van der Waals surface area (Å²) >= 11 is 0. The van der Waals surface area contributed by atoms with Crippen molar-refractivity contribution in [1.82, 2.24) is 14.5 Å². The van der Waals surface area contributed by atoms with Crippen molar-refractivity contribution in [2.75, 3.05) is 6.54 Å². The van der Waals surface area contributed by atoms with Crippen LogP contribution in [0.25, 0.3) is 0 Å². The molecular formula is C16H21N3O2. The summed E-state index contributed by atoms with van der Waals surface area (Å²) in [6, 6.07) is 1.82. The van der Waals surface area contributed by atoms with E-state index in [1.807, 2.05) is 30.3 Å². The Morgan fingerprint density at radius 3 is 2.90 bits per heavy atom. The first-order valence-electron chi connectivity index (χ1n) is 7.45. The number of imidazole rings is 1. The Morgan fingerprint density at radius 1 is 1.43 bits per heavy atom. The van der Waals surface area contributed by atoms with Gasteiger partial charge in [-0.1, -0.05) is 13.8 Å². The maximum absolute atomic E-state index is 12.9. The van der Waals surface area contributed by atoms with Gasteiger partial charge in [-0.3, -0.25) is 4.79 Å². The standard InChI is InChI=1S/C16H21N3O2/c1-11(2)13-15-17-6-9-18(15)7-4-8-19(13)16(20)14-12(3)5-10-21-14/h5-6,9-11,13H,4,7-8H2,1-3H3. The second kappa shape index (κ2) is 5.39. The van der Waals surface area contributed by atoms with Crippen molar-refractivity contribution in [3.8, 4) is 0 Å².